The second-order valence-corrected chi connectivity index (χ2v) is 9.85. The Morgan fingerprint density at radius 3 is 2.26 bits per heavy atom. The van der Waals surface area contributed by atoms with E-state index in [1.54, 1.807) is 30.3 Å². The minimum Gasteiger partial charge on any atom is -0.376 e. The molecule has 3 amide bonds. The number of likely N-dealkylation sites (tertiary alicyclic amines) is 1. The van der Waals surface area contributed by atoms with Crippen molar-refractivity contribution in [2.45, 2.75) is 57.9 Å². The van der Waals surface area contributed by atoms with Crippen molar-refractivity contribution in [3.63, 3.8) is 0 Å². The van der Waals surface area contributed by atoms with Crippen molar-refractivity contribution in [2.75, 3.05) is 30.3 Å². The van der Waals surface area contributed by atoms with Gasteiger partial charge in [0.05, 0.1) is 6.54 Å². The molecule has 7 nitrogen and oxygen atoms in total. The lowest BCUT2D eigenvalue weighted by Gasteiger charge is -2.30. The number of hydrogen-bond donors (Lipinski definition) is 3. The average molecular weight is 477 g/mol. The monoisotopic (exact) mass is 476 g/mol. The first-order valence-electron chi connectivity index (χ1n) is 12.8. The van der Waals surface area contributed by atoms with Crippen LogP contribution in [0.25, 0.3) is 0 Å². The van der Waals surface area contributed by atoms with Crippen molar-refractivity contribution >= 4 is 29.1 Å². The largest absolute Gasteiger partial charge is 0.376 e. The number of carbonyl (C=O) groups is 3. The van der Waals surface area contributed by atoms with Crippen molar-refractivity contribution in [3.8, 4) is 0 Å². The molecule has 0 radical (unpaired) electrons. The summed E-state index contributed by atoms with van der Waals surface area (Å²) in [6.45, 7) is 3.85. The van der Waals surface area contributed by atoms with Crippen LogP contribution in [0.2, 0.25) is 0 Å². The minimum atomic E-state index is -0.225. The Morgan fingerprint density at radius 1 is 0.857 bits per heavy atom. The minimum absolute atomic E-state index is 0.0355. The molecule has 0 atom stereocenters. The van der Waals surface area contributed by atoms with Crippen LogP contribution in [0.5, 0.6) is 0 Å². The van der Waals surface area contributed by atoms with E-state index in [1.807, 2.05) is 23.1 Å². The van der Waals surface area contributed by atoms with Crippen LogP contribution in [0.4, 0.5) is 11.4 Å². The van der Waals surface area contributed by atoms with Crippen molar-refractivity contribution in [1.29, 1.82) is 0 Å². The van der Waals surface area contributed by atoms with E-state index in [1.165, 1.54) is 6.42 Å². The lowest BCUT2D eigenvalue weighted by atomic mass is 9.95. The van der Waals surface area contributed by atoms with Crippen LogP contribution in [-0.4, -0.2) is 48.3 Å². The number of nitrogens with one attached hydrogen (secondary N) is 3. The number of piperidine rings is 1. The van der Waals surface area contributed by atoms with E-state index < -0.39 is 0 Å². The number of anilines is 2. The Hall–Kier alpha value is -3.35. The molecule has 1 aliphatic carbocycles. The second-order valence-electron chi connectivity index (χ2n) is 9.85. The third kappa shape index (κ3) is 7.07. The second kappa shape index (κ2) is 11.9. The number of rotatable bonds is 7. The van der Waals surface area contributed by atoms with E-state index >= 15 is 0 Å². The van der Waals surface area contributed by atoms with Crippen molar-refractivity contribution < 1.29 is 14.4 Å². The van der Waals surface area contributed by atoms with Gasteiger partial charge in [-0.05, 0) is 68.0 Å². The van der Waals surface area contributed by atoms with Gasteiger partial charge in [-0.15, -0.1) is 0 Å². The SMILES string of the molecule is CC1CCN(C(=O)c2cccc(NCC(=O)Nc3cccc(C(=O)NC4CCCCC4)c3)c2)CC1. The molecule has 2 aromatic carbocycles. The fourth-order valence-corrected chi connectivity index (χ4v) is 4.80. The molecular weight excluding hydrogens is 440 g/mol. The number of nitrogens with zero attached hydrogens (tertiary/aromatic N) is 1. The molecule has 7 heteroatoms. The maximum Gasteiger partial charge on any atom is 0.253 e. The predicted molar refractivity (Wildman–Crippen MR) is 139 cm³/mol. The summed E-state index contributed by atoms with van der Waals surface area (Å²) in [6.07, 6.45) is 7.67. The van der Waals surface area contributed by atoms with E-state index in [2.05, 4.69) is 22.9 Å². The highest BCUT2D eigenvalue weighted by Gasteiger charge is 2.21. The molecule has 0 aromatic heterocycles. The summed E-state index contributed by atoms with van der Waals surface area (Å²) in [4.78, 5) is 39.9. The molecule has 1 heterocycles. The van der Waals surface area contributed by atoms with Gasteiger partial charge in [-0.1, -0.05) is 38.3 Å². The summed E-state index contributed by atoms with van der Waals surface area (Å²) in [5, 5.41) is 9.05. The van der Waals surface area contributed by atoms with E-state index in [0.29, 0.717) is 22.7 Å². The summed E-state index contributed by atoms with van der Waals surface area (Å²) in [6, 6.07) is 14.5. The van der Waals surface area contributed by atoms with E-state index in [-0.39, 0.29) is 30.3 Å². The molecule has 0 bridgehead atoms. The zero-order chi connectivity index (χ0) is 24.6. The molecule has 4 rings (SSSR count). The van der Waals surface area contributed by atoms with Crippen LogP contribution in [0.15, 0.2) is 48.5 Å². The fraction of sp³-hybridized carbons (Fsp3) is 0.464. The van der Waals surface area contributed by atoms with Crippen LogP contribution in [0.1, 0.15) is 72.6 Å². The van der Waals surface area contributed by atoms with Crippen LogP contribution >= 0.6 is 0 Å². The third-order valence-electron chi connectivity index (χ3n) is 6.98. The molecule has 0 spiro atoms. The van der Waals surface area contributed by atoms with Gasteiger partial charge in [0, 0.05) is 41.6 Å². The van der Waals surface area contributed by atoms with Gasteiger partial charge in [-0.25, -0.2) is 0 Å². The molecule has 1 saturated carbocycles. The highest BCUT2D eigenvalue weighted by Crippen LogP contribution is 2.20. The van der Waals surface area contributed by atoms with Gasteiger partial charge in [0.1, 0.15) is 0 Å². The first-order valence-corrected chi connectivity index (χ1v) is 12.8. The standard InChI is InChI=1S/C28H36N4O3/c1-20-13-15-32(16-14-20)28(35)22-8-6-11-24(18-22)29-19-26(33)30-25-12-5-7-21(17-25)27(34)31-23-9-3-2-4-10-23/h5-8,11-12,17-18,20,23,29H,2-4,9-10,13-16,19H2,1H3,(H,30,33)(H,31,34). The quantitative estimate of drug-likeness (QED) is 0.542. The van der Waals surface area contributed by atoms with E-state index in [0.717, 1.165) is 57.3 Å². The number of hydrogen-bond acceptors (Lipinski definition) is 4. The van der Waals surface area contributed by atoms with Gasteiger partial charge in [0.25, 0.3) is 11.8 Å². The lowest BCUT2D eigenvalue weighted by Crippen LogP contribution is -2.37. The Morgan fingerprint density at radius 2 is 1.51 bits per heavy atom. The Balaban J connectivity index is 1.28. The van der Waals surface area contributed by atoms with Crippen LogP contribution in [-0.2, 0) is 4.79 Å². The van der Waals surface area contributed by atoms with Crippen molar-refractivity contribution in [3.05, 3.63) is 59.7 Å². The molecule has 3 N–H and O–H groups in total. The highest BCUT2D eigenvalue weighted by atomic mass is 16.2. The summed E-state index contributed by atoms with van der Waals surface area (Å²) >= 11 is 0. The van der Waals surface area contributed by atoms with Gasteiger partial charge >= 0.3 is 0 Å². The fourth-order valence-electron chi connectivity index (χ4n) is 4.80. The smallest absolute Gasteiger partial charge is 0.253 e. The number of benzene rings is 2. The maximum absolute atomic E-state index is 12.8. The zero-order valence-electron chi connectivity index (χ0n) is 20.5. The van der Waals surface area contributed by atoms with Gasteiger partial charge in [-0.2, -0.15) is 0 Å². The predicted octanol–water partition coefficient (Wildman–Crippen LogP) is 4.67. The Kier molecular flexibility index (Phi) is 8.40. The van der Waals surface area contributed by atoms with Gasteiger partial charge in [-0.3, -0.25) is 14.4 Å². The highest BCUT2D eigenvalue weighted by molar-refractivity contribution is 5.98. The first kappa shape index (κ1) is 24.8. The summed E-state index contributed by atoms with van der Waals surface area (Å²) in [5.74, 6) is 0.373. The molecule has 2 aliphatic rings. The van der Waals surface area contributed by atoms with Crippen LogP contribution < -0.4 is 16.0 Å². The van der Waals surface area contributed by atoms with Gasteiger partial charge in [0.15, 0.2) is 0 Å². The molecule has 1 aliphatic heterocycles. The molecule has 1 saturated heterocycles. The van der Waals surface area contributed by atoms with Gasteiger partial charge in [0.2, 0.25) is 5.91 Å². The molecule has 0 unspecified atom stereocenters. The normalized spacial score (nSPS) is 17.0. The Labute approximate surface area is 207 Å². The molecule has 2 aromatic rings. The third-order valence-corrected chi connectivity index (χ3v) is 6.98. The van der Waals surface area contributed by atoms with E-state index in [4.69, 9.17) is 0 Å². The summed E-state index contributed by atoms with van der Waals surface area (Å²) in [7, 11) is 0. The topological polar surface area (TPSA) is 90.5 Å². The zero-order valence-corrected chi connectivity index (χ0v) is 20.5. The maximum atomic E-state index is 12.8. The van der Waals surface area contributed by atoms with Gasteiger partial charge < -0.3 is 20.9 Å². The van der Waals surface area contributed by atoms with Crippen molar-refractivity contribution in [1.82, 2.24) is 10.2 Å². The number of carbonyl (C=O) groups excluding carboxylic acids is 3. The molecular formula is C28H36N4O3. The molecule has 2 fully saturated rings. The first-order chi connectivity index (χ1) is 17.0. The summed E-state index contributed by atoms with van der Waals surface area (Å²) in [5.41, 5.74) is 2.47. The van der Waals surface area contributed by atoms with Crippen molar-refractivity contribution in [2.24, 2.45) is 5.92 Å². The molecule has 186 valence electrons. The summed E-state index contributed by atoms with van der Waals surface area (Å²) < 4.78 is 0. The lowest BCUT2D eigenvalue weighted by molar-refractivity contribution is -0.114. The van der Waals surface area contributed by atoms with E-state index in [9.17, 15) is 14.4 Å². The Bertz CT molecular complexity index is 1040. The van der Waals surface area contributed by atoms with Crippen LogP contribution in [0.3, 0.4) is 0 Å². The molecule has 35 heavy (non-hydrogen) atoms. The number of amides is 3. The van der Waals surface area contributed by atoms with Crippen LogP contribution in [0, 0.1) is 5.92 Å². The average Bonchev–Trinajstić information content (AvgIpc) is 2.88.